The Bertz CT molecular complexity index is 480. The van der Waals surface area contributed by atoms with Crippen LogP contribution in [-0.2, 0) is 0 Å². The fourth-order valence-electron chi connectivity index (χ4n) is 1.57. The Labute approximate surface area is 148 Å². The number of amides is 1. The van der Waals surface area contributed by atoms with Crippen molar-refractivity contribution >= 4 is 47.4 Å². The monoisotopic (exact) mass is 424 g/mol. The molecule has 0 saturated heterocycles. The third kappa shape index (κ3) is 7.52. The molecule has 5 nitrogen and oxygen atoms in total. The number of aliphatic imine (C=N–C) groups is 1. The van der Waals surface area contributed by atoms with Crippen molar-refractivity contribution in [2.75, 3.05) is 20.1 Å². The summed E-state index contributed by atoms with van der Waals surface area (Å²) in [7, 11) is 1.71. The number of guanidine groups is 1. The average Bonchev–Trinajstić information content (AvgIpc) is 2.42. The maximum absolute atomic E-state index is 11.9. The van der Waals surface area contributed by atoms with E-state index in [0.717, 1.165) is 0 Å². The van der Waals surface area contributed by atoms with Gasteiger partial charge in [-0.05, 0) is 26.0 Å². The van der Waals surface area contributed by atoms with Gasteiger partial charge in [0.2, 0.25) is 0 Å². The Morgan fingerprint density at radius 2 is 1.86 bits per heavy atom. The summed E-state index contributed by atoms with van der Waals surface area (Å²) in [5, 5.41) is 9.53. The molecule has 3 N–H and O–H groups in total. The number of nitrogens with one attached hydrogen (secondary N) is 3. The van der Waals surface area contributed by atoms with Crippen LogP contribution in [0, 0.1) is 0 Å². The third-order valence-corrected chi connectivity index (χ3v) is 2.80. The van der Waals surface area contributed by atoms with Gasteiger partial charge < -0.3 is 16.0 Å². The lowest BCUT2D eigenvalue weighted by Crippen LogP contribution is -2.44. The van der Waals surface area contributed by atoms with E-state index in [2.05, 4.69) is 20.9 Å². The van der Waals surface area contributed by atoms with Crippen molar-refractivity contribution in [2.45, 2.75) is 19.9 Å². The minimum absolute atomic E-state index is 0. The lowest BCUT2D eigenvalue weighted by Gasteiger charge is -2.14. The second kappa shape index (κ2) is 10.7. The topological polar surface area (TPSA) is 65.5 Å². The van der Waals surface area contributed by atoms with E-state index in [9.17, 15) is 4.79 Å². The zero-order chi connectivity index (χ0) is 15.0. The highest BCUT2D eigenvalue weighted by molar-refractivity contribution is 14.0. The third-order valence-electron chi connectivity index (χ3n) is 2.47. The molecule has 0 saturated carbocycles. The van der Waals surface area contributed by atoms with Crippen LogP contribution >= 0.6 is 35.6 Å². The molecule has 0 unspecified atom stereocenters. The summed E-state index contributed by atoms with van der Waals surface area (Å²) in [5.41, 5.74) is 0.485. The van der Waals surface area contributed by atoms with Gasteiger partial charge in [0.1, 0.15) is 0 Å². The lowest BCUT2D eigenvalue weighted by atomic mass is 10.2. The molecule has 21 heavy (non-hydrogen) atoms. The predicted octanol–water partition coefficient (Wildman–Crippen LogP) is 2.26. The van der Waals surface area contributed by atoms with Gasteiger partial charge in [0.15, 0.2) is 5.96 Å². The highest BCUT2D eigenvalue weighted by Crippen LogP contribution is 2.14. The summed E-state index contributed by atoms with van der Waals surface area (Å²) in [6, 6.07) is 7.28. The molecule has 0 aromatic heterocycles. The lowest BCUT2D eigenvalue weighted by molar-refractivity contribution is 0.0954. The fourth-order valence-corrected chi connectivity index (χ4v) is 1.79. The van der Waals surface area contributed by atoms with E-state index in [1.807, 2.05) is 13.8 Å². The van der Waals surface area contributed by atoms with Crippen LogP contribution in [0.3, 0.4) is 0 Å². The Morgan fingerprint density at radius 3 is 2.43 bits per heavy atom. The van der Waals surface area contributed by atoms with Gasteiger partial charge in [0.25, 0.3) is 5.91 Å². The first-order chi connectivity index (χ1) is 9.54. The molecule has 0 aliphatic heterocycles. The first-order valence-electron chi connectivity index (χ1n) is 6.54. The molecule has 0 fully saturated rings. The first-order valence-corrected chi connectivity index (χ1v) is 6.92. The Balaban J connectivity index is 0.00000400. The number of nitrogens with zero attached hydrogens (tertiary/aromatic N) is 1. The standard InChI is InChI=1S/C14H21ClN4O.HI/c1-10(2)19-14(16-3)18-9-8-17-13(20)11-6-4-5-7-12(11)15;/h4-7,10H,8-9H2,1-3H3,(H,17,20)(H2,16,18,19);1H. The molecule has 0 bridgehead atoms. The van der Waals surface area contributed by atoms with Crippen molar-refractivity contribution in [3.05, 3.63) is 34.9 Å². The molecule has 0 radical (unpaired) electrons. The molecule has 0 aliphatic carbocycles. The molecule has 7 heteroatoms. The van der Waals surface area contributed by atoms with Crippen LogP contribution in [-0.4, -0.2) is 38.0 Å². The van der Waals surface area contributed by atoms with E-state index < -0.39 is 0 Å². The quantitative estimate of drug-likeness (QED) is 0.294. The number of rotatable bonds is 5. The highest BCUT2D eigenvalue weighted by Gasteiger charge is 2.08. The molecule has 1 aromatic carbocycles. The van der Waals surface area contributed by atoms with Crippen LogP contribution in [0.5, 0.6) is 0 Å². The second-order valence-electron chi connectivity index (χ2n) is 4.53. The number of benzene rings is 1. The smallest absolute Gasteiger partial charge is 0.252 e. The van der Waals surface area contributed by atoms with Crippen LogP contribution in [0.1, 0.15) is 24.2 Å². The number of carbonyl (C=O) groups excluding carboxylic acids is 1. The van der Waals surface area contributed by atoms with Crippen molar-refractivity contribution in [3.8, 4) is 0 Å². The van der Waals surface area contributed by atoms with E-state index in [1.165, 1.54) is 0 Å². The number of halogens is 2. The van der Waals surface area contributed by atoms with Gasteiger partial charge in [-0.2, -0.15) is 0 Å². The Morgan fingerprint density at radius 1 is 1.24 bits per heavy atom. The summed E-state index contributed by atoms with van der Waals surface area (Å²) < 4.78 is 0. The summed E-state index contributed by atoms with van der Waals surface area (Å²) in [4.78, 5) is 16.0. The SMILES string of the molecule is CN=C(NCCNC(=O)c1ccccc1Cl)NC(C)C.I. The summed E-state index contributed by atoms with van der Waals surface area (Å²) in [6.07, 6.45) is 0. The van der Waals surface area contributed by atoms with Crippen LogP contribution in [0.2, 0.25) is 5.02 Å². The molecule has 1 rings (SSSR count). The molecule has 0 aliphatic rings. The number of carbonyl (C=O) groups is 1. The van der Waals surface area contributed by atoms with Crippen molar-refractivity contribution < 1.29 is 4.79 Å². The van der Waals surface area contributed by atoms with E-state index >= 15 is 0 Å². The summed E-state index contributed by atoms with van der Waals surface area (Å²) >= 11 is 5.96. The fraction of sp³-hybridized carbons (Fsp3) is 0.429. The largest absolute Gasteiger partial charge is 0.355 e. The molecular weight excluding hydrogens is 403 g/mol. The minimum atomic E-state index is -0.177. The molecule has 0 atom stereocenters. The molecule has 118 valence electrons. The maximum Gasteiger partial charge on any atom is 0.252 e. The van der Waals surface area contributed by atoms with Crippen molar-refractivity contribution in [3.63, 3.8) is 0 Å². The number of hydrogen-bond donors (Lipinski definition) is 3. The van der Waals surface area contributed by atoms with Gasteiger partial charge in [-0.1, -0.05) is 23.7 Å². The second-order valence-corrected chi connectivity index (χ2v) is 4.94. The normalized spacial score (nSPS) is 10.8. The van der Waals surface area contributed by atoms with Crippen LogP contribution in [0.25, 0.3) is 0 Å². The first kappa shape index (κ1) is 20.0. The zero-order valence-corrected chi connectivity index (χ0v) is 15.5. The summed E-state index contributed by atoms with van der Waals surface area (Å²) in [5.74, 6) is 0.538. The Kier molecular flexibility index (Phi) is 10.2. The molecule has 0 spiro atoms. The van der Waals surface area contributed by atoms with Gasteiger partial charge in [0, 0.05) is 26.2 Å². The molecule has 1 amide bonds. The van der Waals surface area contributed by atoms with Gasteiger partial charge >= 0.3 is 0 Å². The number of hydrogen-bond acceptors (Lipinski definition) is 2. The van der Waals surface area contributed by atoms with Gasteiger partial charge in [0.05, 0.1) is 10.6 Å². The summed E-state index contributed by atoms with van der Waals surface area (Å²) in [6.45, 7) is 5.14. The zero-order valence-electron chi connectivity index (χ0n) is 12.4. The maximum atomic E-state index is 11.9. The Hall–Kier alpha value is -1.02. The van der Waals surface area contributed by atoms with E-state index in [-0.39, 0.29) is 29.9 Å². The van der Waals surface area contributed by atoms with Crippen LogP contribution in [0.4, 0.5) is 0 Å². The molecule has 1 aromatic rings. The molecule has 0 heterocycles. The van der Waals surface area contributed by atoms with Crippen LogP contribution in [0.15, 0.2) is 29.3 Å². The van der Waals surface area contributed by atoms with Crippen molar-refractivity contribution in [1.29, 1.82) is 0 Å². The minimum Gasteiger partial charge on any atom is -0.355 e. The van der Waals surface area contributed by atoms with Crippen molar-refractivity contribution in [2.24, 2.45) is 4.99 Å². The van der Waals surface area contributed by atoms with E-state index in [1.54, 1.807) is 31.3 Å². The van der Waals surface area contributed by atoms with Gasteiger partial charge in [-0.25, -0.2) is 0 Å². The van der Waals surface area contributed by atoms with Crippen molar-refractivity contribution in [1.82, 2.24) is 16.0 Å². The predicted molar refractivity (Wildman–Crippen MR) is 98.8 cm³/mol. The molecular formula is C14H22ClIN4O. The van der Waals surface area contributed by atoms with Gasteiger partial charge in [-0.15, -0.1) is 24.0 Å². The van der Waals surface area contributed by atoms with E-state index in [0.29, 0.717) is 35.7 Å². The van der Waals surface area contributed by atoms with Crippen LogP contribution < -0.4 is 16.0 Å². The van der Waals surface area contributed by atoms with E-state index in [4.69, 9.17) is 11.6 Å². The average molecular weight is 425 g/mol. The highest BCUT2D eigenvalue weighted by atomic mass is 127. The van der Waals surface area contributed by atoms with Gasteiger partial charge in [-0.3, -0.25) is 9.79 Å².